The van der Waals surface area contributed by atoms with Crippen molar-refractivity contribution < 1.29 is 68.8 Å². The number of urea groups is 1. The number of thioether (sulfide) groups is 2. The molecule has 3 atom stereocenters. The monoisotopic (exact) mass is 711 g/mol. The molecule has 2 aliphatic rings. The van der Waals surface area contributed by atoms with Crippen LogP contribution >= 0.6 is 34.9 Å². The number of hydrogen-bond donors (Lipinski definition) is 5. The number of β-lactam (4-membered cyclic amide) rings is 1. The molecule has 4 amide bonds. The summed E-state index contributed by atoms with van der Waals surface area (Å²) >= 11 is 3.81. The minimum atomic E-state index is -1.58. The summed E-state index contributed by atoms with van der Waals surface area (Å²) in [5.41, 5.74) is 7.28. The SMILES string of the molecule is COCCNc1ncc(N(C(N)=O)C(C(=O)NC2C(=O)N3C(C(=O)[O-])=C(CSc4nncs4)CS[C@@H]23)c2ccc(O)cc2)c(O)n1.[Na+]. The normalized spacial score (nSPS) is 17.6. The fraction of sp³-hybridized carbons (Fsp3) is 0.308. The average molecular weight is 712 g/mol. The van der Waals surface area contributed by atoms with Crippen molar-refractivity contribution in [3.05, 3.63) is 52.8 Å². The van der Waals surface area contributed by atoms with Gasteiger partial charge in [-0.25, -0.2) is 9.78 Å². The number of carbonyl (C=O) groups excluding carboxylic acids is 4. The van der Waals surface area contributed by atoms with Crippen LogP contribution in [0.25, 0.3) is 0 Å². The van der Waals surface area contributed by atoms with Gasteiger partial charge in [0, 0.05) is 25.2 Å². The van der Waals surface area contributed by atoms with Gasteiger partial charge in [0.2, 0.25) is 17.7 Å². The second kappa shape index (κ2) is 16.0. The fourth-order valence-electron chi connectivity index (χ4n) is 4.74. The molecule has 0 radical (unpaired) electrons. The summed E-state index contributed by atoms with van der Waals surface area (Å²) in [7, 11) is 1.50. The van der Waals surface area contributed by atoms with E-state index in [1.165, 1.54) is 66.2 Å². The number of nitrogens with two attached hydrogens (primary N) is 1. The maximum atomic E-state index is 13.9. The van der Waals surface area contributed by atoms with Gasteiger partial charge >= 0.3 is 35.6 Å². The van der Waals surface area contributed by atoms with Gasteiger partial charge in [-0.3, -0.25) is 19.4 Å². The fourth-order valence-corrected chi connectivity index (χ4v) is 7.71. The number of carbonyl (C=O) groups is 4. The van der Waals surface area contributed by atoms with Crippen molar-refractivity contribution >= 4 is 70.3 Å². The van der Waals surface area contributed by atoms with E-state index in [9.17, 15) is 34.5 Å². The maximum Gasteiger partial charge on any atom is 1.00 e. The first-order valence-corrected chi connectivity index (χ1v) is 16.3. The van der Waals surface area contributed by atoms with Crippen LogP contribution < -0.4 is 55.9 Å². The second-order valence-corrected chi connectivity index (χ2v) is 12.8. The number of nitrogens with zero attached hydrogens (tertiary/aromatic N) is 6. The first-order chi connectivity index (χ1) is 22.1. The summed E-state index contributed by atoms with van der Waals surface area (Å²) in [4.78, 5) is 62.1. The number of rotatable bonds is 13. The predicted octanol–water partition coefficient (Wildman–Crippen LogP) is -3.38. The van der Waals surface area contributed by atoms with Crippen molar-refractivity contribution in [1.29, 1.82) is 0 Å². The molecule has 2 unspecified atom stereocenters. The van der Waals surface area contributed by atoms with Gasteiger partial charge < -0.3 is 41.2 Å². The summed E-state index contributed by atoms with van der Waals surface area (Å²) in [6.45, 7) is 0.640. The molecule has 5 rings (SSSR count). The number of phenolic OH excluding ortho intramolecular Hbond substituents is 1. The van der Waals surface area contributed by atoms with Gasteiger partial charge in [0.25, 0.3) is 5.91 Å². The Morgan fingerprint density at radius 1 is 1.28 bits per heavy atom. The summed E-state index contributed by atoms with van der Waals surface area (Å²) in [6, 6.07) is 1.36. The van der Waals surface area contributed by atoms with Gasteiger partial charge in [-0.2, -0.15) is 4.98 Å². The predicted molar refractivity (Wildman–Crippen MR) is 165 cm³/mol. The summed E-state index contributed by atoms with van der Waals surface area (Å²) in [6.07, 6.45) is 1.09. The van der Waals surface area contributed by atoms with E-state index < -0.39 is 47.2 Å². The third kappa shape index (κ3) is 7.91. The number of aliphatic carboxylic acids is 1. The zero-order valence-electron chi connectivity index (χ0n) is 24.9. The van der Waals surface area contributed by atoms with Crippen LogP contribution in [0.1, 0.15) is 11.6 Å². The first kappa shape index (κ1) is 36.2. The van der Waals surface area contributed by atoms with Gasteiger partial charge in [-0.1, -0.05) is 35.2 Å². The van der Waals surface area contributed by atoms with Gasteiger partial charge in [-0.05, 0) is 23.3 Å². The molecular weight excluding hydrogens is 686 g/mol. The number of nitrogens with one attached hydrogen (secondary N) is 2. The van der Waals surface area contributed by atoms with E-state index in [4.69, 9.17) is 10.5 Å². The molecule has 0 spiro atoms. The number of benzene rings is 1. The molecule has 6 N–H and O–H groups in total. The van der Waals surface area contributed by atoms with Crippen molar-refractivity contribution in [2.24, 2.45) is 5.73 Å². The number of ether oxygens (including phenoxy) is 1. The number of aromatic nitrogens is 4. The van der Waals surface area contributed by atoms with E-state index in [1.54, 1.807) is 5.51 Å². The third-order valence-corrected chi connectivity index (χ3v) is 10.1. The summed E-state index contributed by atoms with van der Waals surface area (Å²) < 4.78 is 5.59. The number of carboxylic acid groups (broad SMARTS) is 1. The van der Waals surface area contributed by atoms with E-state index in [1.807, 2.05) is 0 Å². The third-order valence-electron chi connectivity index (χ3n) is 6.80. The van der Waals surface area contributed by atoms with Crippen LogP contribution in [-0.2, 0) is 19.1 Å². The Hall–Kier alpha value is -3.66. The number of aromatic hydroxyl groups is 2. The van der Waals surface area contributed by atoms with Gasteiger partial charge in [0.15, 0.2) is 4.34 Å². The minimum absolute atomic E-state index is 0. The summed E-state index contributed by atoms with van der Waals surface area (Å²) in [5.74, 6) is -3.44. The number of primary amides is 1. The number of carboxylic acids is 1. The topological polar surface area (TPSA) is 249 Å². The van der Waals surface area contributed by atoms with Crippen LogP contribution in [0, 0.1) is 0 Å². The average Bonchev–Trinajstić information content (AvgIpc) is 3.55. The molecule has 242 valence electrons. The maximum absolute atomic E-state index is 13.9. The molecule has 2 aliphatic heterocycles. The molecule has 2 aromatic heterocycles. The van der Waals surface area contributed by atoms with Crippen LogP contribution in [0.2, 0.25) is 0 Å². The van der Waals surface area contributed by atoms with Gasteiger partial charge in [0.05, 0.1) is 24.5 Å². The number of fused-ring (bicyclic) bond motifs is 1. The molecule has 17 nitrogen and oxygen atoms in total. The Labute approximate surface area is 301 Å². The summed E-state index contributed by atoms with van der Waals surface area (Å²) in [5, 5.41) is 45.1. The number of phenols is 1. The van der Waals surface area contributed by atoms with Crippen molar-refractivity contribution in [2.45, 2.75) is 21.8 Å². The van der Waals surface area contributed by atoms with Gasteiger partial charge in [0.1, 0.15) is 34.4 Å². The van der Waals surface area contributed by atoms with Crippen LogP contribution in [0.5, 0.6) is 11.6 Å². The first-order valence-electron chi connectivity index (χ1n) is 13.3. The number of amides is 4. The molecule has 4 heterocycles. The van der Waals surface area contributed by atoms with Crippen LogP contribution in [0.3, 0.4) is 0 Å². The molecule has 1 aromatic carbocycles. The Balaban J connectivity index is 0.00000500. The molecule has 1 saturated heterocycles. The van der Waals surface area contributed by atoms with E-state index >= 15 is 0 Å². The minimum Gasteiger partial charge on any atom is -0.543 e. The Morgan fingerprint density at radius 3 is 2.64 bits per heavy atom. The smallest absolute Gasteiger partial charge is 0.543 e. The molecule has 0 bridgehead atoms. The van der Waals surface area contributed by atoms with Crippen molar-refractivity contribution in [1.82, 2.24) is 30.4 Å². The molecule has 1 fully saturated rings. The Bertz CT molecular complexity index is 1670. The van der Waals surface area contributed by atoms with E-state index in [0.717, 1.165) is 16.0 Å². The van der Waals surface area contributed by atoms with E-state index in [-0.39, 0.29) is 69.7 Å². The second-order valence-electron chi connectivity index (χ2n) is 9.65. The zero-order valence-corrected chi connectivity index (χ0v) is 29.3. The van der Waals surface area contributed by atoms with Crippen LogP contribution in [0.15, 0.2) is 51.6 Å². The van der Waals surface area contributed by atoms with Crippen molar-refractivity contribution in [3.63, 3.8) is 0 Å². The van der Waals surface area contributed by atoms with Crippen molar-refractivity contribution in [3.8, 4) is 11.6 Å². The molecular formula is C26H26N9NaO8S3. The molecule has 3 aromatic rings. The standard InChI is InChI=1S/C26H27N9O8S3.Na/c1-43-7-6-28-25-29-8-15(19(37)32-25)34(24(27)42)17(12-2-4-14(36)5-3-12)20(38)31-16-21(39)35-18(23(40)41)13(9-44-22(16)35)10-45-26-33-30-11-46-26;/h2-5,8,11,16-17,22,36H,6-7,9-10H2,1H3,(H2,27,42)(H,31,38)(H,40,41)(H2,28,29,32,37);/q;+1/p-1/t16?,17?,22-;/m0./s1. The quantitative estimate of drug-likeness (QED) is 0.0502. The molecule has 0 aliphatic carbocycles. The van der Waals surface area contributed by atoms with E-state index in [0.29, 0.717) is 23.1 Å². The van der Waals surface area contributed by atoms with Gasteiger partial charge in [-0.15, -0.1) is 22.0 Å². The van der Waals surface area contributed by atoms with Crippen molar-refractivity contribution in [2.75, 3.05) is 42.0 Å². The van der Waals surface area contributed by atoms with Crippen LogP contribution in [0.4, 0.5) is 16.4 Å². The Kier molecular flexibility index (Phi) is 12.3. The number of anilines is 2. The zero-order chi connectivity index (χ0) is 33.0. The number of hydrogen-bond acceptors (Lipinski definition) is 16. The van der Waals surface area contributed by atoms with Crippen LogP contribution in [-0.4, -0.2) is 102 Å². The van der Waals surface area contributed by atoms with E-state index in [2.05, 4.69) is 30.8 Å². The molecule has 47 heavy (non-hydrogen) atoms. The molecule has 0 saturated carbocycles. The Morgan fingerprint density at radius 2 is 2.02 bits per heavy atom. The number of methoxy groups -OCH3 is 1. The largest absolute Gasteiger partial charge is 1.00 e. The molecule has 21 heteroatoms.